The van der Waals surface area contributed by atoms with Gasteiger partial charge in [0.05, 0.1) is 29.3 Å². The lowest BCUT2D eigenvalue weighted by Crippen LogP contribution is -2.32. The predicted molar refractivity (Wildman–Crippen MR) is 99.3 cm³/mol. The number of ether oxygens (including phenoxy) is 1. The minimum absolute atomic E-state index is 0.0492. The van der Waals surface area contributed by atoms with Gasteiger partial charge >= 0.3 is 0 Å². The molecule has 6 nitrogen and oxygen atoms in total. The molecular formula is C19H20N2O4S. The number of nitrogens with zero attached hydrogens (tertiary/aromatic N) is 1. The van der Waals surface area contributed by atoms with E-state index in [0.29, 0.717) is 18.0 Å². The van der Waals surface area contributed by atoms with Crippen molar-refractivity contribution in [3.8, 4) is 5.75 Å². The molecule has 2 heterocycles. The number of carbonyl (C=O) groups excluding carboxylic acids is 1. The molecule has 0 unspecified atom stereocenters. The number of aryl methyl sites for hydroxylation is 1. The van der Waals surface area contributed by atoms with Crippen molar-refractivity contribution in [3.63, 3.8) is 0 Å². The van der Waals surface area contributed by atoms with Crippen LogP contribution in [-0.4, -0.2) is 28.0 Å². The van der Waals surface area contributed by atoms with Crippen LogP contribution in [0.1, 0.15) is 30.4 Å². The summed E-state index contributed by atoms with van der Waals surface area (Å²) in [4.78, 5) is 14.4. The van der Waals surface area contributed by atoms with Gasteiger partial charge in [0.2, 0.25) is 5.91 Å². The molecule has 1 atom stereocenters. The van der Waals surface area contributed by atoms with Crippen molar-refractivity contribution in [2.45, 2.75) is 30.6 Å². The number of methoxy groups -OCH3 is 1. The highest BCUT2D eigenvalue weighted by Gasteiger charge is 2.38. The van der Waals surface area contributed by atoms with E-state index in [1.54, 1.807) is 41.3 Å². The summed E-state index contributed by atoms with van der Waals surface area (Å²) in [6, 6.07) is 10.2. The van der Waals surface area contributed by atoms with Crippen molar-refractivity contribution in [1.82, 2.24) is 0 Å². The maximum absolute atomic E-state index is 13.0. The van der Waals surface area contributed by atoms with Gasteiger partial charge in [-0.1, -0.05) is 12.1 Å². The zero-order valence-electron chi connectivity index (χ0n) is 14.7. The van der Waals surface area contributed by atoms with Crippen LogP contribution in [-0.2, 0) is 21.2 Å². The third-order valence-electron chi connectivity index (χ3n) is 5.05. The highest BCUT2D eigenvalue weighted by Crippen LogP contribution is 2.44. The Bertz CT molecular complexity index is 1000. The summed E-state index contributed by atoms with van der Waals surface area (Å²) in [7, 11) is -2.30. The number of sulfonamides is 1. The number of nitrogens with one attached hydrogen (secondary N) is 1. The van der Waals surface area contributed by atoms with E-state index in [4.69, 9.17) is 4.74 Å². The lowest BCUT2D eigenvalue weighted by atomic mass is 9.97. The number of hydrogen-bond acceptors (Lipinski definition) is 4. The number of anilines is 2. The minimum Gasteiger partial charge on any atom is -0.495 e. The fourth-order valence-electron chi connectivity index (χ4n) is 3.75. The van der Waals surface area contributed by atoms with E-state index in [1.165, 1.54) is 7.11 Å². The predicted octanol–water partition coefficient (Wildman–Crippen LogP) is 2.89. The number of benzene rings is 2. The number of amides is 1. The van der Waals surface area contributed by atoms with Gasteiger partial charge in [-0.25, -0.2) is 8.42 Å². The number of carbonyl (C=O) groups is 1. The van der Waals surface area contributed by atoms with Crippen LogP contribution in [0.25, 0.3) is 0 Å². The third kappa shape index (κ3) is 2.54. The van der Waals surface area contributed by atoms with E-state index < -0.39 is 10.0 Å². The summed E-state index contributed by atoms with van der Waals surface area (Å²) in [6.07, 6.45) is 1.62. The summed E-state index contributed by atoms with van der Waals surface area (Å²) < 4.78 is 33.7. The first-order chi connectivity index (χ1) is 12.4. The van der Waals surface area contributed by atoms with E-state index in [1.807, 2.05) is 6.92 Å². The highest BCUT2D eigenvalue weighted by atomic mass is 32.2. The second-order valence-corrected chi connectivity index (χ2v) is 8.32. The summed E-state index contributed by atoms with van der Waals surface area (Å²) in [6.45, 7) is 2.54. The van der Waals surface area contributed by atoms with E-state index in [9.17, 15) is 13.2 Å². The van der Waals surface area contributed by atoms with E-state index in [0.717, 1.165) is 29.7 Å². The van der Waals surface area contributed by atoms with E-state index in [2.05, 4.69) is 4.72 Å². The van der Waals surface area contributed by atoms with Crippen molar-refractivity contribution >= 4 is 27.3 Å². The molecule has 0 saturated heterocycles. The Morgan fingerprint density at radius 2 is 2.00 bits per heavy atom. The van der Waals surface area contributed by atoms with Crippen LogP contribution >= 0.6 is 0 Å². The Hall–Kier alpha value is -2.54. The first kappa shape index (κ1) is 16.9. The van der Waals surface area contributed by atoms with Crippen LogP contribution < -0.4 is 14.4 Å². The molecule has 2 aromatic rings. The van der Waals surface area contributed by atoms with Crippen LogP contribution in [0.3, 0.4) is 0 Å². The van der Waals surface area contributed by atoms with Crippen molar-refractivity contribution in [2.24, 2.45) is 0 Å². The maximum Gasteiger partial charge on any atom is 0.262 e. The molecule has 0 spiro atoms. The van der Waals surface area contributed by atoms with Gasteiger partial charge in [-0.05, 0) is 55.2 Å². The summed E-state index contributed by atoms with van der Waals surface area (Å²) >= 11 is 0. The van der Waals surface area contributed by atoms with Gasteiger partial charge in [0.1, 0.15) is 5.75 Å². The second-order valence-electron chi connectivity index (χ2n) is 6.64. The quantitative estimate of drug-likeness (QED) is 0.895. The molecule has 4 rings (SSSR count). The number of hydrogen-bond donors (Lipinski definition) is 1. The summed E-state index contributed by atoms with van der Waals surface area (Å²) in [5.74, 6) is 0.185. The molecule has 136 valence electrons. The van der Waals surface area contributed by atoms with Gasteiger partial charge < -0.3 is 9.64 Å². The number of rotatable bonds is 4. The summed E-state index contributed by atoms with van der Waals surface area (Å²) in [5, 5.41) is 0. The molecule has 1 amide bonds. The fourth-order valence-corrected chi connectivity index (χ4v) is 4.91. The lowest BCUT2D eigenvalue weighted by molar-refractivity contribution is -0.119. The van der Waals surface area contributed by atoms with Gasteiger partial charge in [0.25, 0.3) is 10.0 Å². The fraction of sp³-hybridized carbons (Fsp3) is 0.316. The Kier molecular flexibility index (Phi) is 3.91. The Morgan fingerprint density at radius 3 is 2.77 bits per heavy atom. The first-order valence-corrected chi connectivity index (χ1v) is 10.0. The molecule has 0 saturated carbocycles. The van der Waals surface area contributed by atoms with Crippen LogP contribution in [0.2, 0.25) is 0 Å². The van der Waals surface area contributed by atoms with Crippen molar-refractivity contribution in [1.29, 1.82) is 0 Å². The first-order valence-electron chi connectivity index (χ1n) is 8.56. The molecule has 1 N–H and O–H groups in total. The van der Waals surface area contributed by atoms with Crippen LogP contribution in [0.15, 0.2) is 41.3 Å². The number of para-hydroxylation sites is 2. The molecule has 0 aliphatic carbocycles. The highest BCUT2D eigenvalue weighted by molar-refractivity contribution is 7.92. The Balaban J connectivity index is 1.78. The summed E-state index contributed by atoms with van der Waals surface area (Å²) in [5.41, 5.74) is 3.01. The third-order valence-corrected chi connectivity index (χ3v) is 6.40. The molecule has 0 radical (unpaired) electrons. The largest absolute Gasteiger partial charge is 0.495 e. The van der Waals surface area contributed by atoms with E-state index >= 15 is 0 Å². The zero-order chi connectivity index (χ0) is 18.5. The lowest BCUT2D eigenvalue weighted by Gasteiger charge is -2.26. The molecule has 2 aromatic carbocycles. The van der Waals surface area contributed by atoms with Gasteiger partial charge in [0, 0.05) is 6.54 Å². The van der Waals surface area contributed by atoms with Crippen molar-refractivity contribution in [3.05, 3.63) is 47.5 Å². The maximum atomic E-state index is 13.0. The van der Waals surface area contributed by atoms with Crippen molar-refractivity contribution in [2.75, 3.05) is 23.3 Å². The molecule has 2 aliphatic rings. The van der Waals surface area contributed by atoms with Crippen molar-refractivity contribution < 1.29 is 17.9 Å². The van der Waals surface area contributed by atoms with Crippen LogP contribution in [0.4, 0.5) is 11.4 Å². The second kappa shape index (κ2) is 6.02. The smallest absolute Gasteiger partial charge is 0.262 e. The molecule has 26 heavy (non-hydrogen) atoms. The SMILES string of the molecule is COc1ccccc1NS(=O)(=O)c1cc2c3c(c1)[C@@H](C)C(=O)N3CCC2. The molecule has 0 bridgehead atoms. The standard InChI is InChI=1S/C19H20N2O4S/c1-12-15-11-14(10-13-6-5-9-21(18(13)15)19(12)22)26(23,24)20-16-7-3-4-8-17(16)25-2/h3-4,7-8,10-12,20H,5-6,9H2,1-2H3/t12-/m1/s1. The Morgan fingerprint density at radius 1 is 1.23 bits per heavy atom. The van der Waals surface area contributed by atoms with Gasteiger partial charge in [-0.3, -0.25) is 9.52 Å². The molecule has 0 aromatic heterocycles. The zero-order valence-corrected chi connectivity index (χ0v) is 15.5. The average molecular weight is 372 g/mol. The minimum atomic E-state index is -3.79. The molecule has 7 heteroatoms. The van der Waals surface area contributed by atoms with Gasteiger partial charge in [0.15, 0.2) is 0 Å². The Labute approximate surface area is 152 Å². The topological polar surface area (TPSA) is 75.7 Å². The molecule has 0 fully saturated rings. The van der Waals surface area contributed by atoms with Crippen LogP contribution in [0, 0.1) is 0 Å². The van der Waals surface area contributed by atoms with Gasteiger partial charge in [-0.15, -0.1) is 0 Å². The van der Waals surface area contributed by atoms with Crippen LogP contribution in [0.5, 0.6) is 5.75 Å². The molecule has 2 aliphatic heterocycles. The monoisotopic (exact) mass is 372 g/mol. The molecular weight excluding hydrogens is 352 g/mol. The van der Waals surface area contributed by atoms with Gasteiger partial charge in [-0.2, -0.15) is 0 Å². The average Bonchev–Trinajstić information content (AvgIpc) is 2.88. The normalized spacial score (nSPS) is 18.6. The van der Waals surface area contributed by atoms with E-state index in [-0.39, 0.29) is 16.7 Å².